The Bertz CT molecular complexity index is 1210. The van der Waals surface area contributed by atoms with Crippen LogP contribution in [-0.2, 0) is 9.53 Å². The summed E-state index contributed by atoms with van der Waals surface area (Å²) in [7, 11) is 0. The number of aromatic nitrogens is 4. The molecule has 0 bridgehead atoms. The average Bonchev–Trinajstić information content (AvgIpc) is 3.39. The number of piperidine rings is 1. The first-order valence-electron chi connectivity index (χ1n) is 11.7. The van der Waals surface area contributed by atoms with Crippen molar-refractivity contribution in [1.29, 1.82) is 0 Å². The van der Waals surface area contributed by atoms with Gasteiger partial charge in [0.15, 0.2) is 0 Å². The summed E-state index contributed by atoms with van der Waals surface area (Å²) in [6.07, 6.45) is 3.07. The number of amides is 2. The Morgan fingerprint density at radius 2 is 1.85 bits per heavy atom. The third-order valence-corrected chi connectivity index (χ3v) is 6.45. The van der Waals surface area contributed by atoms with Gasteiger partial charge in [-0.1, -0.05) is 17.3 Å². The molecule has 10 nitrogen and oxygen atoms in total. The molecule has 180 valence electrons. The van der Waals surface area contributed by atoms with Crippen LogP contribution < -0.4 is 0 Å². The molecule has 0 atom stereocenters. The van der Waals surface area contributed by atoms with E-state index < -0.39 is 5.60 Å². The first-order valence-corrected chi connectivity index (χ1v) is 11.7. The van der Waals surface area contributed by atoms with Crippen molar-refractivity contribution in [1.82, 2.24) is 29.7 Å². The zero-order valence-electron chi connectivity index (χ0n) is 20.0. The van der Waals surface area contributed by atoms with Gasteiger partial charge in [-0.25, -0.2) is 4.79 Å². The van der Waals surface area contributed by atoms with Crippen LogP contribution >= 0.6 is 0 Å². The van der Waals surface area contributed by atoms with Gasteiger partial charge in [0.05, 0.1) is 17.8 Å². The Morgan fingerprint density at radius 3 is 2.53 bits per heavy atom. The number of nitrogens with zero attached hydrogens (tertiary/aromatic N) is 6. The molecular formula is C24H30N6O4. The number of carbonyl (C=O) groups excluding carboxylic acids is 2. The van der Waals surface area contributed by atoms with Gasteiger partial charge in [-0.05, 0) is 39.7 Å². The van der Waals surface area contributed by atoms with Crippen LogP contribution in [0.15, 0.2) is 28.9 Å². The Morgan fingerprint density at radius 1 is 1.12 bits per heavy atom. The second kappa shape index (κ2) is 8.41. The summed E-state index contributed by atoms with van der Waals surface area (Å²) in [4.78, 5) is 32.1. The second-order valence-corrected chi connectivity index (χ2v) is 10.1. The van der Waals surface area contributed by atoms with Crippen molar-refractivity contribution in [3.8, 4) is 11.4 Å². The largest absolute Gasteiger partial charge is 0.444 e. The highest BCUT2D eigenvalue weighted by Gasteiger charge is 2.32. The quantitative estimate of drug-likeness (QED) is 0.580. The van der Waals surface area contributed by atoms with E-state index in [4.69, 9.17) is 9.26 Å². The monoisotopic (exact) mass is 466 g/mol. The molecular weight excluding hydrogens is 436 g/mol. The van der Waals surface area contributed by atoms with Gasteiger partial charge in [0.25, 0.3) is 0 Å². The fraction of sp³-hybridized carbons (Fsp3) is 0.542. The molecule has 10 heteroatoms. The molecule has 34 heavy (non-hydrogen) atoms. The van der Waals surface area contributed by atoms with E-state index in [1.54, 1.807) is 11.8 Å². The van der Waals surface area contributed by atoms with Crippen molar-refractivity contribution in [2.45, 2.75) is 58.1 Å². The molecule has 0 N–H and O–H groups in total. The highest BCUT2D eigenvalue weighted by Crippen LogP contribution is 2.31. The minimum absolute atomic E-state index is 0.0876. The van der Waals surface area contributed by atoms with E-state index in [1.807, 2.05) is 54.7 Å². The first-order chi connectivity index (χ1) is 16.2. The Balaban J connectivity index is 1.27. The standard InChI is InChI=1S/C24H30N6O4/c1-15(31)29-13-19(14-29)30-20-11-17(5-6-18(20)12-25-30)21-26-22(34-27-21)16-7-9-28(10-8-16)23(32)33-24(2,3)4/h5-6,11-12,16,19H,7-10,13-14H2,1-4H3. The predicted octanol–water partition coefficient (Wildman–Crippen LogP) is 3.60. The summed E-state index contributed by atoms with van der Waals surface area (Å²) in [6, 6.07) is 6.17. The zero-order chi connectivity index (χ0) is 24.0. The van der Waals surface area contributed by atoms with Crippen molar-refractivity contribution >= 4 is 22.9 Å². The summed E-state index contributed by atoms with van der Waals surface area (Å²) in [5.41, 5.74) is 1.35. The van der Waals surface area contributed by atoms with Gasteiger partial charge in [-0.2, -0.15) is 10.1 Å². The minimum Gasteiger partial charge on any atom is -0.444 e. The molecule has 0 unspecified atom stereocenters. The van der Waals surface area contributed by atoms with Crippen LogP contribution in [0.1, 0.15) is 58.4 Å². The van der Waals surface area contributed by atoms with Crippen LogP contribution in [0, 0.1) is 0 Å². The molecule has 0 aliphatic carbocycles. The summed E-state index contributed by atoms with van der Waals surface area (Å²) in [5, 5.41) is 9.80. The average molecular weight is 467 g/mol. The molecule has 2 aromatic heterocycles. The third-order valence-electron chi connectivity index (χ3n) is 6.45. The Kier molecular flexibility index (Phi) is 5.53. The van der Waals surface area contributed by atoms with Crippen LogP contribution in [0.5, 0.6) is 0 Å². The van der Waals surface area contributed by atoms with E-state index in [1.165, 1.54) is 0 Å². The molecule has 2 saturated heterocycles. The number of benzene rings is 1. The maximum absolute atomic E-state index is 12.3. The molecule has 2 aliphatic heterocycles. The highest BCUT2D eigenvalue weighted by molar-refractivity contribution is 5.83. The van der Waals surface area contributed by atoms with Gasteiger partial charge in [-0.15, -0.1) is 0 Å². The van der Waals surface area contributed by atoms with Crippen molar-refractivity contribution in [3.05, 3.63) is 30.3 Å². The molecule has 3 aromatic rings. The zero-order valence-corrected chi connectivity index (χ0v) is 20.0. The summed E-state index contributed by atoms with van der Waals surface area (Å²) in [6.45, 7) is 9.74. The van der Waals surface area contributed by atoms with E-state index in [2.05, 4.69) is 15.2 Å². The smallest absolute Gasteiger partial charge is 0.410 e. The summed E-state index contributed by atoms with van der Waals surface area (Å²) < 4.78 is 13.1. The first kappa shape index (κ1) is 22.4. The summed E-state index contributed by atoms with van der Waals surface area (Å²) >= 11 is 0. The SMILES string of the molecule is CC(=O)N1CC(n2ncc3ccc(-c4noc(C5CCN(C(=O)OC(C)(C)C)CC5)n4)cc32)C1. The van der Waals surface area contributed by atoms with Gasteiger partial charge in [0.2, 0.25) is 17.6 Å². The molecule has 0 spiro atoms. The van der Waals surface area contributed by atoms with Gasteiger partial charge < -0.3 is 19.1 Å². The number of hydrogen-bond acceptors (Lipinski definition) is 7. The maximum Gasteiger partial charge on any atom is 0.410 e. The lowest BCUT2D eigenvalue weighted by Crippen LogP contribution is -2.50. The fourth-order valence-electron chi connectivity index (χ4n) is 4.49. The van der Waals surface area contributed by atoms with Gasteiger partial charge in [-0.3, -0.25) is 9.48 Å². The molecule has 0 radical (unpaired) electrons. The molecule has 4 heterocycles. The highest BCUT2D eigenvalue weighted by atomic mass is 16.6. The molecule has 0 saturated carbocycles. The number of fused-ring (bicyclic) bond motifs is 1. The Labute approximate surface area is 197 Å². The van der Waals surface area contributed by atoms with Crippen LogP contribution in [0.2, 0.25) is 0 Å². The van der Waals surface area contributed by atoms with Crippen LogP contribution in [-0.4, -0.2) is 73.5 Å². The van der Waals surface area contributed by atoms with E-state index in [0.29, 0.717) is 37.9 Å². The van der Waals surface area contributed by atoms with Crippen molar-refractivity contribution in [2.24, 2.45) is 0 Å². The van der Waals surface area contributed by atoms with Gasteiger partial charge >= 0.3 is 6.09 Å². The lowest BCUT2D eigenvalue weighted by molar-refractivity contribution is -0.134. The van der Waals surface area contributed by atoms with Crippen molar-refractivity contribution in [3.63, 3.8) is 0 Å². The minimum atomic E-state index is -0.503. The molecule has 2 amide bonds. The topological polar surface area (TPSA) is 107 Å². The van der Waals surface area contributed by atoms with Crippen molar-refractivity contribution < 1.29 is 18.8 Å². The van der Waals surface area contributed by atoms with Gasteiger partial charge in [0, 0.05) is 50.0 Å². The maximum atomic E-state index is 12.3. The number of hydrogen-bond donors (Lipinski definition) is 0. The molecule has 5 rings (SSSR count). The molecule has 1 aromatic carbocycles. The van der Waals surface area contributed by atoms with Crippen LogP contribution in [0.4, 0.5) is 4.79 Å². The van der Waals surface area contributed by atoms with E-state index in [-0.39, 0.29) is 24.0 Å². The fourth-order valence-corrected chi connectivity index (χ4v) is 4.49. The number of carbonyl (C=O) groups is 2. The second-order valence-electron chi connectivity index (χ2n) is 10.1. The summed E-state index contributed by atoms with van der Waals surface area (Å²) in [5.74, 6) is 1.34. The van der Waals surface area contributed by atoms with E-state index >= 15 is 0 Å². The normalized spacial score (nSPS) is 17.8. The van der Waals surface area contributed by atoms with Crippen molar-refractivity contribution in [2.75, 3.05) is 26.2 Å². The Hall–Kier alpha value is -3.43. The predicted molar refractivity (Wildman–Crippen MR) is 124 cm³/mol. The molecule has 2 fully saturated rings. The van der Waals surface area contributed by atoms with E-state index in [9.17, 15) is 9.59 Å². The van der Waals surface area contributed by atoms with Crippen LogP contribution in [0.25, 0.3) is 22.3 Å². The lowest BCUT2D eigenvalue weighted by atomic mass is 9.97. The lowest BCUT2D eigenvalue weighted by Gasteiger charge is -2.38. The van der Waals surface area contributed by atoms with Crippen LogP contribution in [0.3, 0.4) is 0 Å². The molecule has 2 aliphatic rings. The van der Waals surface area contributed by atoms with Gasteiger partial charge in [0.1, 0.15) is 5.60 Å². The third kappa shape index (κ3) is 4.36. The van der Waals surface area contributed by atoms with E-state index in [0.717, 1.165) is 29.3 Å². The number of ether oxygens (including phenoxy) is 1. The number of likely N-dealkylation sites (tertiary alicyclic amines) is 2. The number of rotatable bonds is 3.